The Morgan fingerprint density at radius 2 is 2.13 bits per heavy atom. The van der Waals surface area contributed by atoms with Gasteiger partial charge in [-0.3, -0.25) is 4.79 Å². The number of nitrogens with two attached hydrogens (primary N) is 1. The smallest absolute Gasteiger partial charge is 0.179 e. The molecule has 15 heavy (non-hydrogen) atoms. The molecule has 0 amide bonds. The van der Waals surface area contributed by atoms with Crippen LogP contribution in [0.2, 0.25) is 0 Å². The molecule has 0 heterocycles. The number of aryl methyl sites for hydroxylation is 1. The number of halogens is 1. The fraction of sp³-hybridized carbons (Fsp3) is 0.417. The van der Waals surface area contributed by atoms with Crippen LogP contribution >= 0.6 is 0 Å². The van der Waals surface area contributed by atoms with Gasteiger partial charge in [0.25, 0.3) is 0 Å². The first kappa shape index (κ1) is 11.9. The van der Waals surface area contributed by atoms with E-state index in [2.05, 4.69) is 0 Å². The quantitative estimate of drug-likeness (QED) is 0.774. The van der Waals surface area contributed by atoms with Crippen LogP contribution < -0.4 is 5.73 Å². The van der Waals surface area contributed by atoms with Gasteiger partial charge in [0, 0.05) is 5.56 Å². The standard InChI is InChI=1S/C12H16FNO/c1-3-4-11(14)12(15)9-5-8(2)6-10(13)7-9/h5-7,11H,3-4,14H2,1-2H3. The van der Waals surface area contributed by atoms with Gasteiger partial charge in [-0.25, -0.2) is 4.39 Å². The number of benzene rings is 1. The zero-order valence-electron chi connectivity index (χ0n) is 9.09. The summed E-state index contributed by atoms with van der Waals surface area (Å²) in [6.07, 6.45) is 1.48. The zero-order chi connectivity index (χ0) is 11.4. The highest BCUT2D eigenvalue weighted by atomic mass is 19.1. The Labute approximate surface area is 89.3 Å². The van der Waals surface area contributed by atoms with E-state index in [0.717, 1.165) is 12.0 Å². The zero-order valence-corrected chi connectivity index (χ0v) is 9.09. The van der Waals surface area contributed by atoms with E-state index in [1.54, 1.807) is 13.0 Å². The maximum Gasteiger partial charge on any atom is 0.179 e. The van der Waals surface area contributed by atoms with Crippen molar-refractivity contribution in [2.24, 2.45) is 5.73 Å². The highest BCUT2D eigenvalue weighted by Gasteiger charge is 2.15. The van der Waals surface area contributed by atoms with E-state index >= 15 is 0 Å². The molecule has 0 radical (unpaired) electrons. The van der Waals surface area contributed by atoms with Crippen molar-refractivity contribution < 1.29 is 9.18 Å². The number of Topliss-reactive ketones (excluding diaryl/α,β-unsaturated/α-hetero) is 1. The second-order valence-corrected chi connectivity index (χ2v) is 3.78. The molecule has 3 heteroatoms. The van der Waals surface area contributed by atoms with Crippen molar-refractivity contribution in [2.75, 3.05) is 0 Å². The Hall–Kier alpha value is -1.22. The summed E-state index contributed by atoms with van der Waals surface area (Å²) < 4.78 is 13.0. The molecule has 2 N–H and O–H groups in total. The molecule has 0 saturated carbocycles. The molecule has 0 fully saturated rings. The first-order valence-corrected chi connectivity index (χ1v) is 5.11. The van der Waals surface area contributed by atoms with Crippen molar-refractivity contribution >= 4 is 5.78 Å². The third-order valence-electron chi connectivity index (χ3n) is 2.26. The lowest BCUT2D eigenvalue weighted by atomic mass is 10.00. The number of carbonyl (C=O) groups is 1. The van der Waals surface area contributed by atoms with Crippen molar-refractivity contribution in [1.29, 1.82) is 0 Å². The van der Waals surface area contributed by atoms with E-state index in [0.29, 0.717) is 12.0 Å². The third-order valence-corrected chi connectivity index (χ3v) is 2.26. The van der Waals surface area contributed by atoms with E-state index in [4.69, 9.17) is 5.73 Å². The van der Waals surface area contributed by atoms with Gasteiger partial charge in [0.2, 0.25) is 0 Å². The van der Waals surface area contributed by atoms with Crippen LogP contribution in [0.4, 0.5) is 4.39 Å². The first-order valence-electron chi connectivity index (χ1n) is 5.11. The van der Waals surface area contributed by atoms with Crippen molar-refractivity contribution in [2.45, 2.75) is 32.7 Å². The Balaban J connectivity index is 2.90. The van der Waals surface area contributed by atoms with Crippen LogP contribution in [0.25, 0.3) is 0 Å². The molecule has 0 aliphatic heterocycles. The Bertz CT molecular complexity index is 342. The van der Waals surface area contributed by atoms with Crippen molar-refractivity contribution in [3.8, 4) is 0 Å². The summed E-state index contributed by atoms with van der Waals surface area (Å²) in [5.41, 5.74) is 6.79. The van der Waals surface area contributed by atoms with Crippen molar-refractivity contribution in [3.63, 3.8) is 0 Å². The summed E-state index contributed by atoms with van der Waals surface area (Å²) in [4.78, 5) is 11.7. The van der Waals surface area contributed by atoms with E-state index in [9.17, 15) is 9.18 Å². The van der Waals surface area contributed by atoms with Crippen LogP contribution in [-0.4, -0.2) is 11.8 Å². The van der Waals surface area contributed by atoms with E-state index in [-0.39, 0.29) is 11.6 Å². The molecule has 0 aliphatic rings. The van der Waals surface area contributed by atoms with Gasteiger partial charge < -0.3 is 5.73 Å². The van der Waals surface area contributed by atoms with Crippen LogP contribution in [0.15, 0.2) is 18.2 Å². The summed E-state index contributed by atoms with van der Waals surface area (Å²) >= 11 is 0. The van der Waals surface area contributed by atoms with Crippen LogP contribution in [0.3, 0.4) is 0 Å². The molecule has 1 aromatic rings. The minimum absolute atomic E-state index is 0.181. The van der Waals surface area contributed by atoms with Crippen LogP contribution in [0, 0.1) is 12.7 Å². The second kappa shape index (κ2) is 5.03. The highest BCUT2D eigenvalue weighted by Crippen LogP contribution is 2.11. The summed E-state index contributed by atoms with van der Waals surface area (Å²) in [5, 5.41) is 0. The minimum atomic E-state index is -0.517. The fourth-order valence-electron chi connectivity index (χ4n) is 1.53. The van der Waals surface area contributed by atoms with Crippen LogP contribution in [-0.2, 0) is 0 Å². The lowest BCUT2D eigenvalue weighted by Crippen LogP contribution is -2.30. The van der Waals surface area contributed by atoms with Crippen molar-refractivity contribution in [3.05, 3.63) is 35.1 Å². The van der Waals surface area contributed by atoms with E-state index < -0.39 is 6.04 Å². The maximum absolute atomic E-state index is 13.0. The molecule has 0 saturated heterocycles. The summed E-state index contributed by atoms with van der Waals surface area (Å²) in [5.74, 6) is -0.568. The second-order valence-electron chi connectivity index (χ2n) is 3.78. The van der Waals surface area contributed by atoms with Gasteiger partial charge in [-0.05, 0) is 37.1 Å². The van der Waals surface area contributed by atoms with Crippen LogP contribution in [0.1, 0.15) is 35.7 Å². The number of carbonyl (C=O) groups excluding carboxylic acids is 1. The number of rotatable bonds is 4. The molecule has 1 rings (SSSR count). The summed E-state index contributed by atoms with van der Waals surface area (Å²) in [6.45, 7) is 3.72. The third kappa shape index (κ3) is 3.13. The average Bonchev–Trinajstić information content (AvgIpc) is 2.15. The predicted octanol–water partition coefficient (Wildman–Crippen LogP) is 2.44. The molecule has 2 nitrogen and oxygen atoms in total. The number of hydrogen-bond donors (Lipinski definition) is 1. The fourth-order valence-corrected chi connectivity index (χ4v) is 1.53. The topological polar surface area (TPSA) is 43.1 Å². The summed E-state index contributed by atoms with van der Waals surface area (Å²) in [7, 11) is 0. The van der Waals surface area contributed by atoms with Gasteiger partial charge in [0.15, 0.2) is 5.78 Å². The van der Waals surface area contributed by atoms with E-state index in [1.807, 2.05) is 6.92 Å². The van der Waals surface area contributed by atoms with Gasteiger partial charge in [-0.2, -0.15) is 0 Å². The Morgan fingerprint density at radius 3 is 2.67 bits per heavy atom. The predicted molar refractivity (Wildman–Crippen MR) is 58.4 cm³/mol. The average molecular weight is 209 g/mol. The highest BCUT2D eigenvalue weighted by molar-refractivity contribution is 6.00. The van der Waals surface area contributed by atoms with Gasteiger partial charge >= 0.3 is 0 Å². The largest absolute Gasteiger partial charge is 0.321 e. The SMILES string of the molecule is CCCC(N)C(=O)c1cc(C)cc(F)c1. The van der Waals surface area contributed by atoms with Gasteiger partial charge in [0.05, 0.1) is 6.04 Å². The molecule has 82 valence electrons. The van der Waals surface area contributed by atoms with Gasteiger partial charge in [-0.1, -0.05) is 13.3 Å². The Morgan fingerprint density at radius 1 is 1.47 bits per heavy atom. The van der Waals surface area contributed by atoms with Crippen LogP contribution in [0.5, 0.6) is 0 Å². The molecule has 1 unspecified atom stereocenters. The molecule has 0 bridgehead atoms. The van der Waals surface area contributed by atoms with Gasteiger partial charge in [0.1, 0.15) is 5.82 Å². The molecule has 0 aromatic heterocycles. The Kier molecular flexibility index (Phi) is 3.97. The lowest BCUT2D eigenvalue weighted by Gasteiger charge is -2.09. The lowest BCUT2D eigenvalue weighted by molar-refractivity contribution is 0.0956. The minimum Gasteiger partial charge on any atom is -0.321 e. The monoisotopic (exact) mass is 209 g/mol. The molecular formula is C12H16FNO. The molecule has 0 aliphatic carbocycles. The maximum atomic E-state index is 13.0. The first-order chi connectivity index (χ1) is 7.04. The van der Waals surface area contributed by atoms with Gasteiger partial charge in [-0.15, -0.1) is 0 Å². The molecule has 1 atom stereocenters. The summed E-state index contributed by atoms with van der Waals surface area (Å²) in [6, 6.07) is 3.78. The van der Waals surface area contributed by atoms with Crippen molar-refractivity contribution in [1.82, 2.24) is 0 Å². The number of ketones is 1. The normalized spacial score (nSPS) is 12.5. The molecular weight excluding hydrogens is 193 g/mol. The molecule has 0 spiro atoms. The van der Waals surface area contributed by atoms with E-state index in [1.165, 1.54) is 12.1 Å². The number of hydrogen-bond acceptors (Lipinski definition) is 2. The molecule has 1 aromatic carbocycles.